The summed E-state index contributed by atoms with van der Waals surface area (Å²) in [5, 5.41) is 2.48. The molecule has 0 saturated heterocycles. The van der Waals surface area contributed by atoms with Gasteiger partial charge in [-0.3, -0.25) is 0 Å². The molecule has 66 heavy (non-hydrogen) atoms. The second kappa shape index (κ2) is 16.4. The molecule has 10 aromatic rings. The quantitative estimate of drug-likeness (QED) is 0.159. The zero-order valence-electron chi connectivity index (χ0n) is 38.5. The van der Waals surface area contributed by atoms with Gasteiger partial charge in [-0.1, -0.05) is 20.8 Å². The van der Waals surface area contributed by atoms with Crippen LogP contribution in [-0.4, -0.2) is 18.7 Å². The van der Waals surface area contributed by atoms with Crippen molar-refractivity contribution >= 4 is 32.8 Å². The third-order valence-corrected chi connectivity index (χ3v) is 14.4. The Morgan fingerprint density at radius 1 is 0.485 bits per heavy atom. The summed E-state index contributed by atoms with van der Waals surface area (Å²) < 4.78 is 15.1. The minimum atomic E-state index is -0.0627. The predicted octanol–water partition coefficient (Wildman–Crippen LogP) is 15.6. The SMILES string of the molecule is CC(C)(C)c1ccnc(-n2c3cc(Oc4cccc(-n5[c](=[Pt])n(-c6c(-c7ccccc7)cc(C(C)(C)C)cc6-c6ccccc6)c6ccccc65)c4)ccc3c3cc4c(cc32)CCCC4)c1. The van der Waals surface area contributed by atoms with Gasteiger partial charge in [0.05, 0.1) is 0 Å². The summed E-state index contributed by atoms with van der Waals surface area (Å²) >= 11 is 2.53. The van der Waals surface area contributed by atoms with Crippen LogP contribution in [0, 0.1) is 3.80 Å². The van der Waals surface area contributed by atoms with Crippen molar-refractivity contribution < 1.29 is 24.1 Å². The van der Waals surface area contributed by atoms with Crippen LogP contribution in [0.25, 0.3) is 72.3 Å². The summed E-state index contributed by atoms with van der Waals surface area (Å²) in [6.45, 7) is 13.7. The van der Waals surface area contributed by atoms with Gasteiger partial charge in [0.25, 0.3) is 0 Å². The number of aryl methyl sites for hydroxylation is 2. The number of para-hydroxylation sites is 2. The number of hydrogen-bond acceptors (Lipinski definition) is 2. The zero-order valence-corrected chi connectivity index (χ0v) is 40.8. The molecule has 0 radical (unpaired) electrons. The molecule has 7 aromatic carbocycles. The summed E-state index contributed by atoms with van der Waals surface area (Å²) in [6, 6.07) is 59.6. The minimum Gasteiger partial charge on any atom is -0.0489 e. The molecule has 0 amide bonds. The third-order valence-electron chi connectivity index (χ3n) is 13.4. The second-order valence-corrected chi connectivity index (χ2v) is 20.9. The van der Waals surface area contributed by atoms with Gasteiger partial charge in [-0.15, -0.1) is 0 Å². The molecule has 330 valence electrons. The van der Waals surface area contributed by atoms with Crippen molar-refractivity contribution in [3.63, 3.8) is 0 Å². The Hall–Kier alpha value is -6.55. The van der Waals surface area contributed by atoms with E-state index in [4.69, 9.17) is 9.72 Å². The molecule has 0 bridgehead atoms. The van der Waals surface area contributed by atoms with E-state index in [2.05, 4.69) is 238 Å². The normalized spacial score (nSPS) is 13.2. The van der Waals surface area contributed by atoms with Crippen molar-refractivity contribution in [1.29, 1.82) is 0 Å². The first-order valence-electron chi connectivity index (χ1n) is 23.2. The Morgan fingerprint density at radius 3 is 1.73 bits per heavy atom. The molecule has 6 heteroatoms. The fraction of sp³-hybridized carbons (Fsp3) is 0.200. The average Bonchev–Trinajstić information content (AvgIpc) is 3.80. The van der Waals surface area contributed by atoms with Crippen LogP contribution in [-0.2, 0) is 43.0 Å². The van der Waals surface area contributed by atoms with Crippen LogP contribution >= 0.6 is 0 Å². The van der Waals surface area contributed by atoms with E-state index < -0.39 is 0 Å². The van der Waals surface area contributed by atoms with Crippen molar-refractivity contribution in [2.24, 2.45) is 0 Å². The molecule has 0 atom stereocenters. The molecule has 5 nitrogen and oxygen atoms in total. The summed E-state index contributed by atoms with van der Waals surface area (Å²) in [6.07, 6.45) is 6.69. The number of nitrogens with zero attached hydrogens (tertiary/aromatic N) is 4. The van der Waals surface area contributed by atoms with Crippen LogP contribution in [0.3, 0.4) is 0 Å². The van der Waals surface area contributed by atoms with E-state index in [0.717, 1.165) is 61.9 Å². The van der Waals surface area contributed by atoms with E-state index >= 15 is 0 Å². The van der Waals surface area contributed by atoms with E-state index in [1.165, 1.54) is 73.6 Å². The summed E-state index contributed by atoms with van der Waals surface area (Å²) in [5.41, 5.74) is 16.8. The van der Waals surface area contributed by atoms with Gasteiger partial charge < -0.3 is 0 Å². The molecule has 3 aromatic heterocycles. The number of hydrogen-bond donors (Lipinski definition) is 0. The van der Waals surface area contributed by atoms with Gasteiger partial charge in [-0.05, 0) is 53.9 Å². The van der Waals surface area contributed by atoms with Crippen LogP contribution in [0.5, 0.6) is 11.5 Å². The van der Waals surface area contributed by atoms with Gasteiger partial charge in [0.2, 0.25) is 0 Å². The molecule has 0 unspecified atom stereocenters. The number of pyridine rings is 1. The Morgan fingerprint density at radius 2 is 1.08 bits per heavy atom. The van der Waals surface area contributed by atoms with E-state index in [1.807, 2.05) is 6.20 Å². The molecule has 3 heterocycles. The average molecular weight is 1040 g/mol. The first-order chi connectivity index (χ1) is 31.9. The minimum absolute atomic E-state index is 0.0116. The molecule has 0 aliphatic heterocycles. The van der Waals surface area contributed by atoms with E-state index in [9.17, 15) is 0 Å². The molecule has 0 N–H and O–H groups in total. The summed E-state index contributed by atoms with van der Waals surface area (Å²) in [4.78, 5) is 5.00. The second-order valence-electron chi connectivity index (χ2n) is 19.9. The molecular weight excluding hydrogens is 988 g/mol. The van der Waals surface area contributed by atoms with E-state index in [1.54, 1.807) is 0 Å². The molecule has 0 spiro atoms. The number of rotatable bonds is 7. The summed E-state index contributed by atoms with van der Waals surface area (Å²) in [5.74, 6) is 2.48. The number of aromatic nitrogens is 4. The maximum absolute atomic E-state index is 6.90. The Kier molecular flexibility index (Phi) is 10.5. The van der Waals surface area contributed by atoms with Gasteiger partial charge in [-0.25, -0.2) is 0 Å². The molecule has 1 aliphatic rings. The van der Waals surface area contributed by atoms with Crippen molar-refractivity contribution in [2.45, 2.75) is 78.1 Å². The molecule has 0 saturated carbocycles. The van der Waals surface area contributed by atoms with E-state index in [-0.39, 0.29) is 10.8 Å². The number of benzene rings is 7. The monoisotopic (exact) mass is 1040 g/mol. The standard InChI is InChI=1S/C60H54N4O.Pt/c1-59(2,3)44-30-31-61-57(36-44)64-55-33-43-23-14-13-22-42(43)32-52(55)49-29-28-48(38-56(49)64)65-47-25-17-24-46(37-47)62-39-63(54-27-16-15-26-53(54)62)58-50(40-18-9-7-10-19-40)34-45(60(4,5)6)35-51(58)41-20-11-8-12-21-41;/h7-12,15-21,24-38H,13-14,22-23H2,1-6H3;. The molecule has 11 rings (SSSR count). The van der Waals surface area contributed by atoms with Crippen LogP contribution in [0.15, 0.2) is 170 Å². The van der Waals surface area contributed by atoms with E-state index in [0.29, 0.717) is 0 Å². The van der Waals surface area contributed by atoms with Gasteiger partial charge >= 0.3 is 320 Å². The predicted molar refractivity (Wildman–Crippen MR) is 269 cm³/mol. The smallest absolute Gasteiger partial charge is 0.0489 e. The topological polar surface area (TPSA) is 36.9 Å². The summed E-state index contributed by atoms with van der Waals surface area (Å²) in [7, 11) is 0. The number of ether oxygens (including phenoxy) is 1. The van der Waals surface area contributed by atoms with Crippen molar-refractivity contribution in [3.05, 3.63) is 196 Å². The first-order valence-corrected chi connectivity index (χ1v) is 24.4. The molecule has 1 aliphatic carbocycles. The number of fused-ring (bicyclic) bond motifs is 5. The molecular formula is C60H54N4OPt. The van der Waals surface area contributed by atoms with Crippen LogP contribution in [0.4, 0.5) is 0 Å². The third kappa shape index (κ3) is 7.48. The van der Waals surface area contributed by atoms with Crippen molar-refractivity contribution in [3.8, 4) is 50.9 Å². The fourth-order valence-electron chi connectivity index (χ4n) is 9.92. The van der Waals surface area contributed by atoms with Crippen LogP contribution in [0.2, 0.25) is 0 Å². The maximum atomic E-state index is 6.90. The Bertz CT molecular complexity index is 3480. The Labute approximate surface area is 398 Å². The van der Waals surface area contributed by atoms with Gasteiger partial charge in [0, 0.05) is 6.20 Å². The van der Waals surface area contributed by atoms with Gasteiger partial charge in [-0.2, -0.15) is 0 Å². The number of imidazole rings is 1. The van der Waals surface area contributed by atoms with Gasteiger partial charge in [0.15, 0.2) is 0 Å². The van der Waals surface area contributed by atoms with Crippen molar-refractivity contribution in [1.82, 2.24) is 18.7 Å². The van der Waals surface area contributed by atoms with Gasteiger partial charge in [0.1, 0.15) is 0 Å². The fourth-order valence-corrected chi connectivity index (χ4v) is 11.0. The molecule has 0 fully saturated rings. The zero-order chi connectivity index (χ0) is 45.3. The Balaban J connectivity index is 1.06. The van der Waals surface area contributed by atoms with Crippen LogP contribution < -0.4 is 4.74 Å². The van der Waals surface area contributed by atoms with Crippen LogP contribution in [0.1, 0.15) is 76.6 Å². The van der Waals surface area contributed by atoms with Crippen molar-refractivity contribution in [2.75, 3.05) is 0 Å². The first kappa shape index (κ1) is 42.1.